The van der Waals surface area contributed by atoms with E-state index in [2.05, 4.69) is 18.0 Å². The molecule has 0 aliphatic heterocycles. The normalized spacial score (nSPS) is 14.7. The van der Waals surface area contributed by atoms with E-state index in [0.717, 1.165) is 34.7 Å². The number of carbonyl (C=O) groups excluding carboxylic acids is 1. The first kappa shape index (κ1) is 13.5. The van der Waals surface area contributed by atoms with Crippen molar-refractivity contribution in [2.45, 2.75) is 32.6 Å². The van der Waals surface area contributed by atoms with E-state index in [1.165, 1.54) is 16.2 Å². The summed E-state index contributed by atoms with van der Waals surface area (Å²) in [4.78, 5) is 19.9. The van der Waals surface area contributed by atoms with Gasteiger partial charge in [-0.2, -0.15) is 0 Å². The molecule has 0 atom stereocenters. The van der Waals surface area contributed by atoms with Crippen LogP contribution in [0.1, 0.15) is 43.4 Å². The van der Waals surface area contributed by atoms with Crippen LogP contribution in [0.15, 0.2) is 17.1 Å². The summed E-state index contributed by atoms with van der Waals surface area (Å²) in [6.45, 7) is 2.07. The van der Waals surface area contributed by atoms with Crippen molar-refractivity contribution in [1.82, 2.24) is 0 Å². The Labute approximate surface area is 126 Å². The zero-order chi connectivity index (χ0) is 14.1. The van der Waals surface area contributed by atoms with Crippen LogP contribution in [-0.2, 0) is 12.8 Å². The number of nitrogens with two attached hydrogens (primary N) is 1. The van der Waals surface area contributed by atoms with Gasteiger partial charge < -0.3 is 5.73 Å². The summed E-state index contributed by atoms with van der Waals surface area (Å²) in [5, 5.41) is 0.774. The van der Waals surface area contributed by atoms with Crippen LogP contribution in [0.3, 0.4) is 0 Å². The monoisotopic (exact) mass is 304 g/mol. The lowest BCUT2D eigenvalue weighted by atomic mass is 9.95. The second-order valence-corrected chi connectivity index (χ2v) is 7.37. The van der Waals surface area contributed by atoms with E-state index in [1.54, 1.807) is 22.7 Å². The number of aliphatic imine (C=N–C) groups is 1. The van der Waals surface area contributed by atoms with Gasteiger partial charge in [-0.25, -0.2) is 4.99 Å². The molecule has 1 amide bonds. The molecule has 1 aliphatic rings. The van der Waals surface area contributed by atoms with E-state index in [1.807, 2.05) is 12.3 Å². The van der Waals surface area contributed by atoms with Crippen LogP contribution in [0.5, 0.6) is 0 Å². The Bertz CT molecular complexity index is 682. The number of thiophene rings is 2. The summed E-state index contributed by atoms with van der Waals surface area (Å²) in [7, 11) is 0. The lowest BCUT2D eigenvalue weighted by Gasteiger charge is -2.10. The van der Waals surface area contributed by atoms with Crippen molar-refractivity contribution in [3.05, 3.63) is 37.9 Å². The summed E-state index contributed by atoms with van der Waals surface area (Å²) >= 11 is 3.32. The zero-order valence-electron chi connectivity index (χ0n) is 11.3. The zero-order valence-corrected chi connectivity index (χ0v) is 12.9. The quantitative estimate of drug-likeness (QED) is 0.860. The number of fused-ring (bicyclic) bond motifs is 1. The predicted molar refractivity (Wildman–Crippen MR) is 85.8 cm³/mol. The molecule has 0 aromatic carbocycles. The Kier molecular flexibility index (Phi) is 3.72. The lowest BCUT2D eigenvalue weighted by molar-refractivity contribution is 0.100. The van der Waals surface area contributed by atoms with Crippen molar-refractivity contribution >= 4 is 39.8 Å². The summed E-state index contributed by atoms with van der Waals surface area (Å²) in [5.41, 5.74) is 7.34. The highest BCUT2D eigenvalue weighted by Crippen LogP contribution is 2.39. The standard InChI is InChI=1S/C15H16N2OS2/c1-9-6-7-10(19-9)8-17-15-13(14(16)18)11-4-2-3-5-12(11)20-15/h6-8H,2-5H2,1H3,(H2,16,18). The van der Waals surface area contributed by atoms with Gasteiger partial charge in [0.1, 0.15) is 5.00 Å². The van der Waals surface area contributed by atoms with Gasteiger partial charge in [0.15, 0.2) is 0 Å². The van der Waals surface area contributed by atoms with Gasteiger partial charge in [-0.1, -0.05) is 0 Å². The number of primary amides is 1. The van der Waals surface area contributed by atoms with Crippen molar-refractivity contribution in [1.29, 1.82) is 0 Å². The third-order valence-electron chi connectivity index (χ3n) is 3.47. The first-order valence-electron chi connectivity index (χ1n) is 6.70. The van der Waals surface area contributed by atoms with Gasteiger partial charge in [-0.05, 0) is 50.3 Å². The van der Waals surface area contributed by atoms with E-state index < -0.39 is 0 Å². The van der Waals surface area contributed by atoms with Gasteiger partial charge in [0.25, 0.3) is 5.91 Å². The Morgan fingerprint density at radius 2 is 2.10 bits per heavy atom. The third-order valence-corrected chi connectivity index (χ3v) is 5.60. The number of hydrogen-bond acceptors (Lipinski definition) is 4. The summed E-state index contributed by atoms with van der Waals surface area (Å²) in [6.07, 6.45) is 6.17. The highest BCUT2D eigenvalue weighted by molar-refractivity contribution is 7.16. The van der Waals surface area contributed by atoms with Crippen molar-refractivity contribution in [3.8, 4) is 0 Å². The van der Waals surface area contributed by atoms with Gasteiger partial charge in [0.05, 0.1) is 5.56 Å². The van der Waals surface area contributed by atoms with Crippen LogP contribution in [-0.4, -0.2) is 12.1 Å². The average Bonchev–Trinajstić information content (AvgIpc) is 2.99. The van der Waals surface area contributed by atoms with Crippen molar-refractivity contribution in [3.63, 3.8) is 0 Å². The van der Waals surface area contributed by atoms with E-state index in [-0.39, 0.29) is 5.91 Å². The summed E-state index contributed by atoms with van der Waals surface area (Å²) in [5.74, 6) is -0.348. The van der Waals surface area contributed by atoms with Gasteiger partial charge in [0, 0.05) is 20.8 Å². The molecule has 0 unspecified atom stereocenters. The number of hydrogen-bond donors (Lipinski definition) is 1. The first-order chi connectivity index (χ1) is 9.65. The minimum atomic E-state index is -0.348. The topological polar surface area (TPSA) is 55.4 Å². The molecule has 0 fully saturated rings. The van der Waals surface area contributed by atoms with E-state index in [9.17, 15) is 4.79 Å². The van der Waals surface area contributed by atoms with Gasteiger partial charge >= 0.3 is 0 Å². The van der Waals surface area contributed by atoms with Crippen LogP contribution in [0.2, 0.25) is 0 Å². The molecule has 2 heterocycles. The maximum absolute atomic E-state index is 11.7. The third kappa shape index (κ3) is 2.55. The molecule has 20 heavy (non-hydrogen) atoms. The highest BCUT2D eigenvalue weighted by atomic mass is 32.1. The van der Waals surface area contributed by atoms with Crippen LogP contribution in [0.25, 0.3) is 0 Å². The predicted octanol–water partition coefficient (Wildman–Crippen LogP) is 3.85. The van der Waals surface area contributed by atoms with E-state index >= 15 is 0 Å². The molecule has 0 spiro atoms. The fourth-order valence-electron chi connectivity index (χ4n) is 2.54. The molecular formula is C15H16N2OS2. The highest BCUT2D eigenvalue weighted by Gasteiger charge is 2.23. The summed E-state index contributed by atoms with van der Waals surface area (Å²) in [6, 6.07) is 4.11. The molecule has 2 aromatic rings. The first-order valence-corrected chi connectivity index (χ1v) is 8.33. The maximum Gasteiger partial charge on any atom is 0.252 e. The SMILES string of the molecule is Cc1ccc(C=Nc2sc3c(c2C(N)=O)CCCC3)s1. The minimum absolute atomic E-state index is 0.348. The molecule has 2 aromatic heterocycles. The molecule has 0 bridgehead atoms. The smallest absolute Gasteiger partial charge is 0.252 e. The molecule has 1 aliphatic carbocycles. The van der Waals surface area contributed by atoms with Gasteiger partial charge in [-0.15, -0.1) is 22.7 Å². The van der Waals surface area contributed by atoms with Crippen molar-refractivity contribution in [2.75, 3.05) is 0 Å². The Balaban J connectivity index is 1.98. The molecule has 0 saturated heterocycles. The molecule has 5 heteroatoms. The Morgan fingerprint density at radius 3 is 2.80 bits per heavy atom. The van der Waals surface area contributed by atoms with Crippen LogP contribution in [0, 0.1) is 6.92 Å². The fraction of sp³-hybridized carbons (Fsp3) is 0.333. The largest absolute Gasteiger partial charge is 0.365 e. The molecule has 0 saturated carbocycles. The lowest BCUT2D eigenvalue weighted by Crippen LogP contribution is -2.14. The number of aryl methyl sites for hydroxylation is 2. The number of amides is 1. The molecule has 2 N–H and O–H groups in total. The molecular weight excluding hydrogens is 288 g/mol. The molecule has 3 nitrogen and oxygen atoms in total. The van der Waals surface area contributed by atoms with Gasteiger partial charge in [-0.3, -0.25) is 4.79 Å². The average molecular weight is 304 g/mol. The van der Waals surface area contributed by atoms with Crippen LogP contribution >= 0.6 is 22.7 Å². The van der Waals surface area contributed by atoms with Crippen LogP contribution < -0.4 is 5.73 Å². The fourth-order valence-corrected chi connectivity index (χ4v) is 4.53. The second-order valence-electron chi connectivity index (χ2n) is 4.96. The van der Waals surface area contributed by atoms with Crippen molar-refractivity contribution in [2.24, 2.45) is 10.7 Å². The molecule has 0 radical (unpaired) electrons. The summed E-state index contributed by atoms with van der Waals surface area (Å²) < 4.78 is 0. The maximum atomic E-state index is 11.7. The Hall–Kier alpha value is -1.46. The molecule has 104 valence electrons. The van der Waals surface area contributed by atoms with Gasteiger partial charge in [0.2, 0.25) is 0 Å². The minimum Gasteiger partial charge on any atom is -0.365 e. The van der Waals surface area contributed by atoms with E-state index in [4.69, 9.17) is 5.73 Å². The molecule has 3 rings (SSSR count). The second kappa shape index (κ2) is 5.50. The Morgan fingerprint density at radius 1 is 1.30 bits per heavy atom. The van der Waals surface area contributed by atoms with Crippen LogP contribution in [0.4, 0.5) is 5.00 Å². The number of rotatable bonds is 3. The number of nitrogens with zero attached hydrogens (tertiary/aromatic N) is 1. The van der Waals surface area contributed by atoms with E-state index in [0.29, 0.717) is 5.56 Å². The van der Waals surface area contributed by atoms with Crippen molar-refractivity contribution < 1.29 is 4.79 Å². The number of carbonyl (C=O) groups is 1.